The van der Waals surface area contributed by atoms with E-state index in [1.165, 1.54) is 24.0 Å². The molecule has 8 heteroatoms. The van der Waals surface area contributed by atoms with Crippen LogP contribution in [0.3, 0.4) is 0 Å². The van der Waals surface area contributed by atoms with Crippen LogP contribution < -0.4 is 10.6 Å². The van der Waals surface area contributed by atoms with Crippen molar-refractivity contribution >= 4 is 39.6 Å². The van der Waals surface area contributed by atoms with E-state index in [-0.39, 0.29) is 5.97 Å². The highest BCUT2D eigenvalue weighted by Crippen LogP contribution is 2.30. The van der Waals surface area contributed by atoms with Crippen LogP contribution in [0.1, 0.15) is 27.2 Å². The average molecular weight is 415 g/mol. The number of thiocarbonyl (C=S) groups is 1. The lowest BCUT2D eigenvalue weighted by molar-refractivity contribution is 0.0602. The van der Waals surface area contributed by atoms with E-state index in [0.29, 0.717) is 22.2 Å². The summed E-state index contributed by atoms with van der Waals surface area (Å²) in [5, 5.41) is 11.7. The molecule has 2 heterocycles. The number of carbonyl (C=O) groups is 1. The normalized spacial score (nSPS) is 10.5. The highest BCUT2D eigenvalue weighted by molar-refractivity contribution is 7.80. The van der Waals surface area contributed by atoms with Gasteiger partial charge in [0.1, 0.15) is 5.00 Å². The summed E-state index contributed by atoms with van der Waals surface area (Å²) in [5.74, 6) is -0.375. The number of aromatic nitrogens is 2. The van der Waals surface area contributed by atoms with Crippen LogP contribution in [0.2, 0.25) is 0 Å². The molecule has 0 radical (unpaired) electrons. The molecule has 0 spiro atoms. The molecule has 0 aliphatic heterocycles. The van der Waals surface area contributed by atoms with Crippen LogP contribution in [0.4, 0.5) is 5.00 Å². The average Bonchev–Trinajstić information content (AvgIpc) is 3.35. The summed E-state index contributed by atoms with van der Waals surface area (Å²) in [6.07, 6.45) is 5.33. The first-order valence-corrected chi connectivity index (χ1v) is 10.2. The lowest BCUT2D eigenvalue weighted by Gasteiger charge is -2.10. The van der Waals surface area contributed by atoms with Gasteiger partial charge in [0.05, 0.1) is 12.7 Å². The molecule has 2 aromatic heterocycles. The Hall–Kier alpha value is -2.71. The van der Waals surface area contributed by atoms with E-state index in [2.05, 4.69) is 27.9 Å². The Morgan fingerprint density at radius 2 is 2.11 bits per heavy atom. The van der Waals surface area contributed by atoms with E-state index >= 15 is 0 Å². The first-order valence-electron chi connectivity index (χ1n) is 8.93. The minimum atomic E-state index is -0.375. The van der Waals surface area contributed by atoms with Crippen LogP contribution in [0.25, 0.3) is 0 Å². The van der Waals surface area contributed by atoms with Crippen molar-refractivity contribution in [1.82, 2.24) is 15.1 Å². The van der Waals surface area contributed by atoms with Gasteiger partial charge in [-0.1, -0.05) is 30.3 Å². The van der Waals surface area contributed by atoms with Crippen LogP contribution in [0, 0.1) is 0 Å². The molecule has 3 aromatic rings. The number of esters is 1. The number of aryl methyl sites for hydroxylation is 1. The molecule has 0 amide bonds. The molecule has 28 heavy (non-hydrogen) atoms. The van der Waals surface area contributed by atoms with E-state index in [9.17, 15) is 4.79 Å². The zero-order valence-corrected chi connectivity index (χ0v) is 17.2. The topological polar surface area (TPSA) is 68.2 Å². The van der Waals surface area contributed by atoms with Crippen LogP contribution in [0.15, 0.2) is 54.9 Å². The van der Waals surface area contributed by atoms with Gasteiger partial charge in [-0.15, -0.1) is 11.3 Å². The summed E-state index contributed by atoms with van der Waals surface area (Å²) in [6.45, 7) is 1.53. The van der Waals surface area contributed by atoms with Crippen LogP contribution >= 0.6 is 23.6 Å². The molecular weight excluding hydrogens is 392 g/mol. The monoisotopic (exact) mass is 414 g/mol. The molecule has 0 saturated carbocycles. The summed E-state index contributed by atoms with van der Waals surface area (Å²) in [4.78, 5) is 13.2. The van der Waals surface area contributed by atoms with Gasteiger partial charge in [0, 0.05) is 36.8 Å². The van der Waals surface area contributed by atoms with E-state index in [4.69, 9.17) is 17.0 Å². The Labute approximate surface area is 173 Å². The summed E-state index contributed by atoms with van der Waals surface area (Å²) in [5.41, 5.74) is 1.69. The summed E-state index contributed by atoms with van der Waals surface area (Å²) < 4.78 is 6.79. The van der Waals surface area contributed by atoms with Gasteiger partial charge >= 0.3 is 5.97 Å². The smallest absolute Gasteiger partial charge is 0.340 e. The SMILES string of the molecule is COC(=O)c1cc(Cc2ccccc2)sc1NC(=S)NCCCn1cccn1. The fourth-order valence-electron chi connectivity index (χ4n) is 2.70. The number of nitrogens with zero attached hydrogens (tertiary/aromatic N) is 2. The largest absolute Gasteiger partial charge is 0.465 e. The Morgan fingerprint density at radius 3 is 2.82 bits per heavy atom. The number of thiophene rings is 1. The van der Waals surface area contributed by atoms with Crippen LogP contribution in [-0.2, 0) is 17.7 Å². The number of anilines is 1. The maximum absolute atomic E-state index is 12.1. The second-order valence-corrected chi connectivity index (χ2v) is 7.66. The molecule has 0 fully saturated rings. The molecule has 0 aliphatic rings. The van der Waals surface area contributed by atoms with Crippen molar-refractivity contribution in [2.45, 2.75) is 19.4 Å². The van der Waals surface area contributed by atoms with Gasteiger partial charge < -0.3 is 15.4 Å². The molecule has 2 N–H and O–H groups in total. The third-order valence-electron chi connectivity index (χ3n) is 4.05. The minimum Gasteiger partial charge on any atom is -0.465 e. The highest BCUT2D eigenvalue weighted by atomic mass is 32.1. The molecule has 0 atom stereocenters. The van der Waals surface area contributed by atoms with Crippen molar-refractivity contribution in [3.8, 4) is 0 Å². The lowest BCUT2D eigenvalue weighted by Crippen LogP contribution is -2.30. The fraction of sp³-hybridized carbons (Fsp3) is 0.250. The third kappa shape index (κ3) is 5.64. The van der Waals surface area contributed by atoms with E-state index in [0.717, 1.165) is 24.3 Å². The first kappa shape index (κ1) is 20.0. The molecule has 0 saturated heterocycles. The van der Waals surface area contributed by atoms with Crippen LogP contribution in [0.5, 0.6) is 0 Å². The summed E-state index contributed by atoms with van der Waals surface area (Å²) in [6, 6.07) is 13.9. The van der Waals surface area contributed by atoms with Gasteiger partial charge in [-0.2, -0.15) is 5.10 Å². The fourth-order valence-corrected chi connectivity index (χ4v) is 4.06. The maximum Gasteiger partial charge on any atom is 0.340 e. The van der Waals surface area contributed by atoms with Gasteiger partial charge in [0.15, 0.2) is 5.11 Å². The van der Waals surface area contributed by atoms with Crippen molar-refractivity contribution < 1.29 is 9.53 Å². The Bertz CT molecular complexity index is 908. The third-order valence-corrected chi connectivity index (χ3v) is 5.34. The molecule has 3 rings (SSSR count). The van der Waals surface area contributed by atoms with Crippen molar-refractivity contribution in [2.24, 2.45) is 0 Å². The van der Waals surface area contributed by atoms with E-state index in [1.54, 1.807) is 6.20 Å². The maximum atomic E-state index is 12.1. The van der Waals surface area contributed by atoms with Gasteiger partial charge in [-0.05, 0) is 36.3 Å². The number of nitrogens with one attached hydrogen (secondary N) is 2. The summed E-state index contributed by atoms with van der Waals surface area (Å²) >= 11 is 6.89. The number of carbonyl (C=O) groups excluding carboxylic acids is 1. The number of methoxy groups -OCH3 is 1. The highest BCUT2D eigenvalue weighted by Gasteiger charge is 2.17. The van der Waals surface area contributed by atoms with Crippen molar-refractivity contribution in [3.63, 3.8) is 0 Å². The first-order chi connectivity index (χ1) is 13.7. The quantitative estimate of drug-likeness (QED) is 0.333. The second-order valence-electron chi connectivity index (χ2n) is 6.11. The number of rotatable bonds is 8. The van der Waals surface area contributed by atoms with E-state index < -0.39 is 0 Å². The Morgan fingerprint density at radius 1 is 1.29 bits per heavy atom. The van der Waals surface area contributed by atoms with Crippen molar-refractivity contribution in [3.05, 3.63) is 70.9 Å². The number of hydrogen-bond acceptors (Lipinski definition) is 5. The number of ether oxygens (including phenoxy) is 1. The summed E-state index contributed by atoms with van der Waals surface area (Å²) in [7, 11) is 1.38. The molecule has 1 aromatic carbocycles. The molecule has 0 aliphatic carbocycles. The zero-order chi connectivity index (χ0) is 19.8. The molecular formula is C20H22N4O2S2. The lowest BCUT2D eigenvalue weighted by atomic mass is 10.1. The van der Waals surface area contributed by atoms with Gasteiger partial charge in [-0.25, -0.2) is 4.79 Å². The second kappa shape index (κ2) is 10.0. The van der Waals surface area contributed by atoms with Crippen molar-refractivity contribution in [2.75, 3.05) is 19.0 Å². The molecule has 0 bridgehead atoms. The van der Waals surface area contributed by atoms with Gasteiger partial charge in [0.25, 0.3) is 0 Å². The Balaban J connectivity index is 1.59. The standard InChI is InChI=1S/C20H22N4O2S2/c1-26-19(25)17-14-16(13-15-7-3-2-4-8-15)28-18(17)23-20(27)21-9-5-11-24-12-6-10-22-24/h2-4,6-8,10,12,14H,5,9,11,13H2,1H3,(H2,21,23,27). The van der Waals surface area contributed by atoms with Crippen molar-refractivity contribution in [1.29, 1.82) is 0 Å². The van der Waals surface area contributed by atoms with E-state index in [1.807, 2.05) is 41.2 Å². The molecule has 6 nitrogen and oxygen atoms in total. The molecule has 0 unspecified atom stereocenters. The number of benzene rings is 1. The molecule has 146 valence electrons. The van der Waals surface area contributed by atoms with Gasteiger partial charge in [0.2, 0.25) is 0 Å². The van der Waals surface area contributed by atoms with Crippen LogP contribution in [-0.4, -0.2) is 34.5 Å². The number of hydrogen-bond donors (Lipinski definition) is 2. The Kier molecular flexibility index (Phi) is 7.16. The van der Waals surface area contributed by atoms with Gasteiger partial charge in [-0.3, -0.25) is 4.68 Å². The minimum absolute atomic E-state index is 0.375. The predicted octanol–water partition coefficient (Wildman–Crippen LogP) is 3.70. The zero-order valence-electron chi connectivity index (χ0n) is 15.6. The predicted molar refractivity (Wildman–Crippen MR) is 116 cm³/mol.